The van der Waals surface area contributed by atoms with Gasteiger partial charge in [0.2, 0.25) is 0 Å². The molecular formula is C18H24BrN5O2S2. The maximum atomic E-state index is 12.8. The standard InChI is InChI=1S/C18H24BrN5O2S2/c1-14-4-2-3-9-24(14)17-7-6-16(20-21-17)22-10-12-23(13-11-22)28(25,26)18-8-5-15(19)27-18/h5-8,14H,2-4,9-13H2,1H3. The van der Waals surface area contributed by atoms with Crippen LogP contribution in [-0.2, 0) is 10.0 Å². The fourth-order valence-corrected chi connectivity index (χ4v) is 7.39. The molecule has 28 heavy (non-hydrogen) atoms. The van der Waals surface area contributed by atoms with E-state index in [9.17, 15) is 8.42 Å². The first-order chi connectivity index (χ1) is 13.4. The highest BCUT2D eigenvalue weighted by Crippen LogP contribution is 2.29. The summed E-state index contributed by atoms with van der Waals surface area (Å²) in [5, 5.41) is 8.87. The van der Waals surface area contributed by atoms with E-state index in [4.69, 9.17) is 0 Å². The molecule has 0 radical (unpaired) electrons. The molecule has 2 aliphatic rings. The van der Waals surface area contributed by atoms with Gasteiger partial charge in [0.25, 0.3) is 10.0 Å². The van der Waals surface area contributed by atoms with Crippen molar-refractivity contribution in [1.29, 1.82) is 0 Å². The van der Waals surface area contributed by atoms with Crippen molar-refractivity contribution >= 4 is 48.9 Å². The summed E-state index contributed by atoms with van der Waals surface area (Å²) in [5.74, 6) is 1.74. The molecule has 7 nitrogen and oxygen atoms in total. The second-order valence-corrected chi connectivity index (χ2v) is 11.9. The summed E-state index contributed by atoms with van der Waals surface area (Å²) in [6, 6.07) is 7.97. The van der Waals surface area contributed by atoms with Gasteiger partial charge < -0.3 is 9.80 Å². The predicted molar refractivity (Wildman–Crippen MR) is 116 cm³/mol. The third-order valence-corrected chi connectivity index (χ3v) is 9.43. The summed E-state index contributed by atoms with van der Waals surface area (Å²) < 4.78 is 28.3. The van der Waals surface area contributed by atoms with Crippen LogP contribution in [0.5, 0.6) is 0 Å². The van der Waals surface area contributed by atoms with Gasteiger partial charge in [0.15, 0.2) is 11.6 Å². The minimum atomic E-state index is -3.42. The van der Waals surface area contributed by atoms with E-state index in [1.165, 1.54) is 30.6 Å². The molecule has 0 bridgehead atoms. The first-order valence-electron chi connectivity index (χ1n) is 9.56. The summed E-state index contributed by atoms with van der Waals surface area (Å²) in [7, 11) is -3.42. The first kappa shape index (κ1) is 20.1. The van der Waals surface area contributed by atoms with Crippen molar-refractivity contribution in [2.45, 2.75) is 36.4 Å². The van der Waals surface area contributed by atoms with Crippen LogP contribution in [0.1, 0.15) is 26.2 Å². The molecule has 1 atom stereocenters. The third kappa shape index (κ3) is 4.05. The lowest BCUT2D eigenvalue weighted by Gasteiger charge is -2.35. The smallest absolute Gasteiger partial charge is 0.252 e. The Kier molecular flexibility index (Phi) is 5.91. The number of sulfonamides is 1. The van der Waals surface area contributed by atoms with Crippen molar-refractivity contribution in [2.75, 3.05) is 42.5 Å². The monoisotopic (exact) mass is 485 g/mol. The second kappa shape index (κ2) is 8.25. The van der Waals surface area contributed by atoms with Crippen molar-refractivity contribution < 1.29 is 8.42 Å². The maximum absolute atomic E-state index is 12.8. The quantitative estimate of drug-likeness (QED) is 0.662. The Balaban J connectivity index is 1.40. The highest BCUT2D eigenvalue weighted by atomic mass is 79.9. The molecule has 152 valence electrons. The number of piperazine rings is 1. The van der Waals surface area contributed by atoms with E-state index in [-0.39, 0.29) is 0 Å². The Hall–Kier alpha value is -1.23. The number of hydrogen-bond donors (Lipinski definition) is 0. The van der Waals surface area contributed by atoms with Crippen LogP contribution in [0.2, 0.25) is 0 Å². The highest BCUT2D eigenvalue weighted by Gasteiger charge is 2.30. The Morgan fingerprint density at radius 1 is 1.00 bits per heavy atom. The van der Waals surface area contributed by atoms with Crippen LogP contribution in [0.4, 0.5) is 11.6 Å². The van der Waals surface area contributed by atoms with Crippen molar-refractivity contribution in [1.82, 2.24) is 14.5 Å². The van der Waals surface area contributed by atoms with Crippen LogP contribution >= 0.6 is 27.3 Å². The molecule has 2 saturated heterocycles. The number of anilines is 2. The zero-order valence-electron chi connectivity index (χ0n) is 15.8. The van der Waals surface area contributed by atoms with Gasteiger partial charge in [0.1, 0.15) is 4.21 Å². The van der Waals surface area contributed by atoms with Crippen LogP contribution in [0, 0.1) is 0 Å². The van der Waals surface area contributed by atoms with Gasteiger partial charge in [-0.1, -0.05) is 0 Å². The maximum Gasteiger partial charge on any atom is 0.252 e. The average molecular weight is 486 g/mol. The molecule has 0 aromatic carbocycles. The molecule has 2 aliphatic heterocycles. The molecule has 0 N–H and O–H groups in total. The van der Waals surface area contributed by atoms with Gasteiger partial charge in [0.05, 0.1) is 3.79 Å². The zero-order valence-corrected chi connectivity index (χ0v) is 19.0. The molecule has 0 spiro atoms. The van der Waals surface area contributed by atoms with Gasteiger partial charge in [-0.05, 0) is 66.4 Å². The summed E-state index contributed by atoms with van der Waals surface area (Å²) in [4.78, 5) is 4.43. The minimum absolute atomic E-state index is 0.382. The molecule has 0 amide bonds. The van der Waals surface area contributed by atoms with E-state index in [2.05, 4.69) is 42.9 Å². The topological polar surface area (TPSA) is 69.6 Å². The Morgan fingerprint density at radius 3 is 2.32 bits per heavy atom. The van der Waals surface area contributed by atoms with Crippen LogP contribution in [0.25, 0.3) is 0 Å². The minimum Gasteiger partial charge on any atom is -0.352 e. The van der Waals surface area contributed by atoms with Crippen molar-refractivity contribution in [2.24, 2.45) is 0 Å². The van der Waals surface area contributed by atoms with Gasteiger partial charge in [-0.15, -0.1) is 21.5 Å². The van der Waals surface area contributed by atoms with Gasteiger partial charge >= 0.3 is 0 Å². The zero-order chi connectivity index (χ0) is 19.7. The number of aromatic nitrogens is 2. The van der Waals surface area contributed by atoms with Gasteiger partial charge in [-0.25, -0.2) is 8.42 Å². The van der Waals surface area contributed by atoms with Crippen LogP contribution in [0.3, 0.4) is 0 Å². The Bertz CT molecular complexity index is 910. The van der Waals surface area contributed by atoms with Gasteiger partial charge in [-0.2, -0.15) is 4.31 Å². The predicted octanol–water partition coefficient (Wildman–Crippen LogP) is 3.19. The number of nitrogens with zero attached hydrogens (tertiary/aromatic N) is 5. The van der Waals surface area contributed by atoms with E-state index in [0.29, 0.717) is 36.4 Å². The van der Waals surface area contributed by atoms with Crippen molar-refractivity contribution in [3.63, 3.8) is 0 Å². The Morgan fingerprint density at radius 2 is 1.71 bits per heavy atom. The van der Waals surface area contributed by atoms with Crippen LogP contribution < -0.4 is 9.80 Å². The summed E-state index contributed by atoms with van der Waals surface area (Å²) in [6.07, 6.45) is 3.67. The molecule has 0 aliphatic carbocycles. The van der Waals surface area contributed by atoms with E-state index in [1.54, 1.807) is 16.4 Å². The molecule has 1 unspecified atom stereocenters. The fourth-order valence-electron chi connectivity index (χ4n) is 3.80. The molecule has 10 heteroatoms. The summed E-state index contributed by atoms with van der Waals surface area (Å²) in [6.45, 7) is 5.39. The lowest BCUT2D eigenvalue weighted by atomic mass is 10.0. The van der Waals surface area contributed by atoms with E-state index in [1.807, 2.05) is 12.1 Å². The number of hydrogen-bond acceptors (Lipinski definition) is 7. The van der Waals surface area contributed by atoms with Crippen LogP contribution in [0.15, 0.2) is 32.3 Å². The SMILES string of the molecule is CC1CCCCN1c1ccc(N2CCN(S(=O)(=O)c3ccc(Br)s3)CC2)nn1. The number of halogens is 1. The van der Waals surface area contributed by atoms with E-state index < -0.39 is 10.0 Å². The summed E-state index contributed by atoms with van der Waals surface area (Å²) in [5.41, 5.74) is 0. The molecule has 2 fully saturated rings. The average Bonchev–Trinajstić information content (AvgIpc) is 3.16. The Labute approximate surface area is 178 Å². The molecule has 2 aromatic heterocycles. The van der Waals surface area contributed by atoms with Gasteiger partial charge in [-0.3, -0.25) is 0 Å². The van der Waals surface area contributed by atoms with Crippen LogP contribution in [-0.4, -0.2) is 61.7 Å². The molecular weight excluding hydrogens is 462 g/mol. The highest BCUT2D eigenvalue weighted by molar-refractivity contribution is 9.11. The van der Waals surface area contributed by atoms with E-state index in [0.717, 1.165) is 22.0 Å². The molecule has 4 rings (SSSR count). The third-order valence-electron chi connectivity index (χ3n) is 5.44. The molecule has 2 aromatic rings. The fraction of sp³-hybridized carbons (Fsp3) is 0.556. The van der Waals surface area contributed by atoms with E-state index >= 15 is 0 Å². The van der Waals surface area contributed by atoms with Crippen molar-refractivity contribution in [3.8, 4) is 0 Å². The molecule has 0 saturated carbocycles. The number of piperidine rings is 1. The normalized spacial score (nSPS) is 21.9. The van der Waals surface area contributed by atoms with Crippen molar-refractivity contribution in [3.05, 3.63) is 28.1 Å². The lowest BCUT2D eigenvalue weighted by molar-refractivity contribution is 0.384. The first-order valence-corrected chi connectivity index (χ1v) is 12.6. The number of rotatable bonds is 4. The largest absolute Gasteiger partial charge is 0.352 e. The van der Waals surface area contributed by atoms with Gasteiger partial charge in [0, 0.05) is 38.8 Å². The molecule has 4 heterocycles. The second-order valence-electron chi connectivity index (χ2n) is 7.24. The number of thiophene rings is 1. The summed E-state index contributed by atoms with van der Waals surface area (Å²) >= 11 is 4.58. The lowest BCUT2D eigenvalue weighted by Crippen LogP contribution is -2.48.